The molecule has 2 aliphatic heterocycles. The molecular formula is C13H24N2O3. The number of nitrogens with one attached hydrogen (secondary N) is 1. The van der Waals surface area contributed by atoms with Gasteiger partial charge in [-0.05, 0) is 32.6 Å². The fourth-order valence-corrected chi connectivity index (χ4v) is 3.28. The first-order valence-electron chi connectivity index (χ1n) is 6.82. The van der Waals surface area contributed by atoms with E-state index in [0.29, 0.717) is 25.2 Å². The summed E-state index contributed by atoms with van der Waals surface area (Å²) >= 11 is 0. The van der Waals surface area contributed by atoms with Gasteiger partial charge in [-0.15, -0.1) is 0 Å². The van der Waals surface area contributed by atoms with Crippen LogP contribution in [0.1, 0.15) is 32.6 Å². The molecule has 0 saturated carbocycles. The highest BCUT2D eigenvalue weighted by Crippen LogP contribution is 2.35. The molecule has 0 aromatic heterocycles. The number of carbonyl (C=O) groups is 1. The zero-order valence-corrected chi connectivity index (χ0v) is 11.3. The molecule has 2 saturated heterocycles. The zero-order valence-electron chi connectivity index (χ0n) is 11.3. The average Bonchev–Trinajstić information content (AvgIpc) is 2.54. The minimum atomic E-state index is -0.172. The van der Waals surface area contributed by atoms with Crippen molar-refractivity contribution in [2.45, 2.75) is 56.8 Å². The van der Waals surface area contributed by atoms with Crippen LogP contribution in [0.15, 0.2) is 0 Å². The minimum absolute atomic E-state index is 0.0514. The van der Waals surface area contributed by atoms with Crippen LogP contribution in [-0.2, 0) is 9.53 Å². The molecule has 0 aromatic rings. The van der Waals surface area contributed by atoms with Gasteiger partial charge in [-0.25, -0.2) is 0 Å². The molecule has 0 aromatic carbocycles. The smallest absolute Gasteiger partial charge is 0.234 e. The van der Waals surface area contributed by atoms with Crippen molar-refractivity contribution in [1.82, 2.24) is 10.2 Å². The number of amides is 1. The van der Waals surface area contributed by atoms with Crippen molar-refractivity contribution in [3.05, 3.63) is 0 Å². The van der Waals surface area contributed by atoms with Gasteiger partial charge in [-0.2, -0.15) is 0 Å². The number of hydrogen-bond donors (Lipinski definition) is 2. The van der Waals surface area contributed by atoms with Gasteiger partial charge in [-0.3, -0.25) is 9.69 Å². The Bertz CT molecular complexity index is 284. The number of piperidine rings is 1. The van der Waals surface area contributed by atoms with Crippen LogP contribution in [0, 0.1) is 0 Å². The number of nitrogens with zero attached hydrogens (tertiary/aromatic N) is 1. The first-order valence-corrected chi connectivity index (χ1v) is 6.82. The lowest BCUT2D eigenvalue weighted by Gasteiger charge is -2.36. The van der Waals surface area contributed by atoms with Crippen LogP contribution in [0.4, 0.5) is 0 Å². The Morgan fingerprint density at radius 2 is 2.06 bits per heavy atom. The molecule has 18 heavy (non-hydrogen) atoms. The van der Waals surface area contributed by atoms with Gasteiger partial charge in [0.05, 0.1) is 19.3 Å². The van der Waals surface area contributed by atoms with Crippen LogP contribution in [0.2, 0.25) is 0 Å². The Morgan fingerprint density at radius 1 is 1.44 bits per heavy atom. The molecule has 5 nitrogen and oxygen atoms in total. The fraction of sp³-hybridized carbons (Fsp3) is 0.923. The lowest BCUT2D eigenvalue weighted by atomic mass is 10.00. The molecule has 2 bridgehead atoms. The maximum atomic E-state index is 11.9. The number of methoxy groups -OCH3 is 1. The van der Waals surface area contributed by atoms with Crippen molar-refractivity contribution >= 4 is 5.91 Å². The van der Waals surface area contributed by atoms with Crippen LogP contribution in [-0.4, -0.2) is 60.4 Å². The molecule has 2 aliphatic rings. The molecule has 104 valence electrons. The van der Waals surface area contributed by atoms with E-state index in [2.05, 4.69) is 10.2 Å². The number of aliphatic hydroxyl groups is 1. The molecule has 5 heteroatoms. The third kappa shape index (κ3) is 3.22. The quantitative estimate of drug-likeness (QED) is 0.734. The standard InChI is InChI=1S/C13H24N2O3/c1-9(8-18-2)14-13(17)7-15-10-3-4-11(15)6-12(16)5-10/h9-12,16H,3-8H2,1-2H3,(H,14,17). The first-order chi connectivity index (χ1) is 8.60. The van der Waals surface area contributed by atoms with E-state index in [1.807, 2.05) is 6.92 Å². The van der Waals surface area contributed by atoms with Gasteiger partial charge in [0, 0.05) is 25.2 Å². The summed E-state index contributed by atoms with van der Waals surface area (Å²) in [5.74, 6) is 0.0628. The molecular weight excluding hydrogens is 232 g/mol. The van der Waals surface area contributed by atoms with Gasteiger partial charge >= 0.3 is 0 Å². The highest BCUT2D eigenvalue weighted by atomic mass is 16.5. The zero-order chi connectivity index (χ0) is 13.1. The van der Waals surface area contributed by atoms with Crippen molar-refractivity contribution in [1.29, 1.82) is 0 Å². The van der Waals surface area contributed by atoms with Gasteiger partial charge in [0.25, 0.3) is 0 Å². The number of hydrogen-bond acceptors (Lipinski definition) is 4. The maximum absolute atomic E-state index is 11.9. The Morgan fingerprint density at radius 3 is 2.61 bits per heavy atom. The van der Waals surface area contributed by atoms with Gasteiger partial charge in [0.15, 0.2) is 0 Å². The van der Waals surface area contributed by atoms with E-state index in [4.69, 9.17) is 4.74 Å². The summed E-state index contributed by atoms with van der Waals surface area (Å²) in [6.45, 7) is 2.93. The van der Waals surface area contributed by atoms with Gasteiger partial charge < -0.3 is 15.2 Å². The predicted octanol–water partition coefficient (Wildman–Crippen LogP) is 0.125. The summed E-state index contributed by atoms with van der Waals surface area (Å²) in [6, 6.07) is 0.833. The van der Waals surface area contributed by atoms with E-state index in [-0.39, 0.29) is 18.1 Å². The van der Waals surface area contributed by atoms with Gasteiger partial charge in [-0.1, -0.05) is 0 Å². The number of ether oxygens (including phenoxy) is 1. The predicted molar refractivity (Wildman–Crippen MR) is 68.2 cm³/mol. The highest BCUT2D eigenvalue weighted by Gasteiger charge is 2.40. The third-order valence-electron chi connectivity index (χ3n) is 4.01. The number of aliphatic hydroxyl groups excluding tert-OH is 1. The molecule has 3 atom stereocenters. The molecule has 3 unspecified atom stereocenters. The van der Waals surface area contributed by atoms with Crippen LogP contribution < -0.4 is 5.32 Å². The number of fused-ring (bicyclic) bond motifs is 2. The summed E-state index contributed by atoms with van der Waals surface area (Å²) in [4.78, 5) is 14.2. The summed E-state index contributed by atoms with van der Waals surface area (Å²) in [5.41, 5.74) is 0. The Kier molecular flexibility index (Phi) is 4.59. The fourth-order valence-electron chi connectivity index (χ4n) is 3.28. The first kappa shape index (κ1) is 13.8. The third-order valence-corrected chi connectivity index (χ3v) is 4.01. The topological polar surface area (TPSA) is 61.8 Å². The largest absolute Gasteiger partial charge is 0.393 e. The normalized spacial score (nSPS) is 33.4. The summed E-state index contributed by atoms with van der Waals surface area (Å²) in [7, 11) is 1.63. The van der Waals surface area contributed by atoms with Gasteiger partial charge in [0.1, 0.15) is 0 Å². The SMILES string of the molecule is COCC(C)NC(=O)CN1C2CCC1CC(O)C2. The number of carbonyl (C=O) groups excluding carboxylic acids is 1. The Hall–Kier alpha value is -0.650. The molecule has 0 aliphatic carbocycles. The average molecular weight is 256 g/mol. The molecule has 0 spiro atoms. The van der Waals surface area contributed by atoms with E-state index in [1.165, 1.54) is 0 Å². The summed E-state index contributed by atoms with van der Waals surface area (Å²) in [5, 5.41) is 12.7. The maximum Gasteiger partial charge on any atom is 0.234 e. The van der Waals surface area contributed by atoms with Crippen molar-refractivity contribution in [2.75, 3.05) is 20.3 Å². The van der Waals surface area contributed by atoms with Crippen LogP contribution in [0.5, 0.6) is 0 Å². The highest BCUT2D eigenvalue weighted by molar-refractivity contribution is 5.78. The van der Waals surface area contributed by atoms with Crippen molar-refractivity contribution in [3.8, 4) is 0 Å². The second kappa shape index (κ2) is 5.99. The van der Waals surface area contributed by atoms with E-state index < -0.39 is 0 Å². The molecule has 2 rings (SSSR count). The lowest BCUT2D eigenvalue weighted by Crippen LogP contribution is -2.50. The minimum Gasteiger partial charge on any atom is -0.393 e. The van der Waals surface area contributed by atoms with E-state index in [0.717, 1.165) is 25.7 Å². The monoisotopic (exact) mass is 256 g/mol. The Balaban J connectivity index is 1.81. The van der Waals surface area contributed by atoms with E-state index in [9.17, 15) is 9.90 Å². The van der Waals surface area contributed by atoms with Gasteiger partial charge in [0.2, 0.25) is 5.91 Å². The van der Waals surface area contributed by atoms with Crippen molar-refractivity contribution in [3.63, 3.8) is 0 Å². The summed E-state index contributed by atoms with van der Waals surface area (Å²) in [6.07, 6.45) is 3.69. The van der Waals surface area contributed by atoms with Crippen molar-refractivity contribution in [2.24, 2.45) is 0 Å². The lowest BCUT2D eigenvalue weighted by molar-refractivity contribution is -0.125. The van der Waals surface area contributed by atoms with Crippen LogP contribution in [0.3, 0.4) is 0 Å². The molecule has 2 N–H and O–H groups in total. The van der Waals surface area contributed by atoms with E-state index in [1.54, 1.807) is 7.11 Å². The van der Waals surface area contributed by atoms with Crippen LogP contribution in [0.25, 0.3) is 0 Å². The molecule has 1 amide bonds. The van der Waals surface area contributed by atoms with Crippen molar-refractivity contribution < 1.29 is 14.6 Å². The van der Waals surface area contributed by atoms with Crippen LogP contribution >= 0.6 is 0 Å². The second-order valence-electron chi connectivity index (χ2n) is 5.61. The number of rotatable bonds is 5. The second-order valence-corrected chi connectivity index (χ2v) is 5.61. The molecule has 2 fully saturated rings. The molecule has 2 heterocycles. The van der Waals surface area contributed by atoms with E-state index >= 15 is 0 Å². The summed E-state index contributed by atoms with van der Waals surface area (Å²) < 4.78 is 5.00. The molecule has 0 radical (unpaired) electrons. The Labute approximate surface area is 108 Å².